The van der Waals surface area contributed by atoms with Crippen molar-refractivity contribution in [1.29, 1.82) is 0 Å². The Balaban J connectivity index is 0.00000256. The van der Waals surface area contributed by atoms with Crippen LogP contribution >= 0.6 is 12.4 Å². The van der Waals surface area contributed by atoms with E-state index in [1.807, 2.05) is 0 Å². The number of halogens is 4. The summed E-state index contributed by atoms with van der Waals surface area (Å²) in [5.74, 6) is -0.266. The van der Waals surface area contributed by atoms with Crippen molar-refractivity contribution in [3.8, 4) is 5.75 Å². The van der Waals surface area contributed by atoms with Crippen LogP contribution in [-0.2, 0) is 0 Å². The van der Waals surface area contributed by atoms with Crippen LogP contribution in [0.4, 0.5) is 13.2 Å². The molecular weight excluding hydrogens is 257 g/mol. The first kappa shape index (κ1) is 16.0. The van der Waals surface area contributed by atoms with Gasteiger partial charge in [0.1, 0.15) is 5.75 Å². The zero-order chi connectivity index (χ0) is 12.2. The maximum absolute atomic E-state index is 11.9. The maximum atomic E-state index is 11.9. The van der Waals surface area contributed by atoms with Crippen LogP contribution in [0.15, 0.2) is 24.3 Å². The van der Waals surface area contributed by atoms with Crippen LogP contribution in [0.25, 0.3) is 0 Å². The first-order valence-corrected chi connectivity index (χ1v) is 4.74. The highest BCUT2D eigenvalue weighted by Gasteiger charge is 2.31. The molecule has 0 fully saturated rings. The quantitative estimate of drug-likeness (QED) is 0.883. The molecule has 1 aromatic rings. The molecule has 0 saturated heterocycles. The van der Waals surface area contributed by atoms with E-state index in [1.54, 1.807) is 6.07 Å². The topological polar surface area (TPSA) is 61.3 Å². The van der Waals surface area contributed by atoms with Gasteiger partial charge in [0.25, 0.3) is 0 Å². The molecule has 0 spiro atoms. The predicted molar refractivity (Wildman–Crippen MR) is 61.0 cm³/mol. The molecule has 0 aliphatic heterocycles. The lowest BCUT2D eigenvalue weighted by molar-refractivity contribution is -0.274. The molecule has 0 radical (unpaired) electrons. The van der Waals surface area contributed by atoms with Crippen LogP contribution in [0.2, 0.25) is 0 Å². The van der Waals surface area contributed by atoms with Crippen LogP contribution < -0.4 is 16.2 Å². The van der Waals surface area contributed by atoms with Gasteiger partial charge in [-0.2, -0.15) is 0 Å². The smallest absolute Gasteiger partial charge is 0.406 e. The normalized spacial score (nSPS) is 12.8. The lowest BCUT2D eigenvalue weighted by Gasteiger charge is -2.13. The van der Waals surface area contributed by atoms with Crippen molar-refractivity contribution in [1.82, 2.24) is 0 Å². The van der Waals surface area contributed by atoms with Gasteiger partial charge in [-0.05, 0) is 30.7 Å². The van der Waals surface area contributed by atoms with Gasteiger partial charge < -0.3 is 16.2 Å². The molecule has 0 aliphatic rings. The average Bonchev–Trinajstić information content (AvgIpc) is 2.16. The molecule has 1 atom stereocenters. The van der Waals surface area contributed by atoms with Crippen LogP contribution in [0, 0.1) is 0 Å². The Kier molecular flexibility index (Phi) is 6.30. The van der Waals surface area contributed by atoms with Crippen molar-refractivity contribution in [2.24, 2.45) is 11.5 Å². The Bertz CT molecular complexity index is 347. The molecule has 3 nitrogen and oxygen atoms in total. The number of benzene rings is 1. The summed E-state index contributed by atoms with van der Waals surface area (Å²) >= 11 is 0. The van der Waals surface area contributed by atoms with E-state index >= 15 is 0 Å². The highest BCUT2D eigenvalue weighted by Crippen LogP contribution is 2.25. The minimum atomic E-state index is -4.68. The van der Waals surface area contributed by atoms with E-state index in [9.17, 15) is 13.2 Å². The van der Waals surface area contributed by atoms with Gasteiger partial charge in [-0.3, -0.25) is 0 Å². The number of rotatable bonds is 4. The van der Waals surface area contributed by atoms with E-state index in [2.05, 4.69) is 4.74 Å². The van der Waals surface area contributed by atoms with Gasteiger partial charge in [0.05, 0.1) is 0 Å². The molecule has 1 aromatic carbocycles. The molecule has 1 rings (SSSR count). The van der Waals surface area contributed by atoms with Gasteiger partial charge in [0.15, 0.2) is 0 Å². The summed E-state index contributed by atoms with van der Waals surface area (Å²) in [6.07, 6.45) is -4.17. The molecule has 0 unspecified atom stereocenters. The molecule has 0 amide bonds. The van der Waals surface area contributed by atoms with Crippen molar-refractivity contribution < 1.29 is 17.9 Å². The molecule has 0 aromatic heterocycles. The van der Waals surface area contributed by atoms with E-state index in [1.165, 1.54) is 18.2 Å². The van der Waals surface area contributed by atoms with Crippen LogP contribution in [0.3, 0.4) is 0 Å². The lowest BCUT2D eigenvalue weighted by Crippen LogP contribution is -2.18. The van der Waals surface area contributed by atoms with Gasteiger partial charge in [0.2, 0.25) is 0 Å². The maximum Gasteiger partial charge on any atom is 0.573 e. The van der Waals surface area contributed by atoms with Crippen molar-refractivity contribution >= 4 is 12.4 Å². The van der Waals surface area contributed by atoms with Crippen molar-refractivity contribution in [3.63, 3.8) is 0 Å². The van der Waals surface area contributed by atoms with E-state index in [-0.39, 0.29) is 24.2 Å². The standard InChI is InChI=1S/C10H13F3N2O.ClH/c11-10(12,13)16-8-3-1-2-7(6-8)9(15)4-5-14;/h1-3,6,9H,4-5,14-15H2;1H/t9-;/m0./s1. The summed E-state index contributed by atoms with van der Waals surface area (Å²) < 4.78 is 39.6. The minimum absolute atomic E-state index is 0. The largest absolute Gasteiger partial charge is 0.573 e. The third-order valence-electron chi connectivity index (χ3n) is 2.00. The highest BCUT2D eigenvalue weighted by atomic mass is 35.5. The Hall–Kier alpha value is -0.980. The zero-order valence-corrected chi connectivity index (χ0v) is 9.72. The summed E-state index contributed by atoms with van der Waals surface area (Å²) in [6.45, 7) is 0.380. The highest BCUT2D eigenvalue weighted by molar-refractivity contribution is 5.85. The van der Waals surface area contributed by atoms with Gasteiger partial charge in [-0.15, -0.1) is 25.6 Å². The Morgan fingerprint density at radius 1 is 1.29 bits per heavy atom. The van der Waals surface area contributed by atoms with E-state index < -0.39 is 6.36 Å². The minimum Gasteiger partial charge on any atom is -0.406 e. The third kappa shape index (κ3) is 5.76. The van der Waals surface area contributed by atoms with Gasteiger partial charge >= 0.3 is 6.36 Å². The summed E-state index contributed by atoms with van der Waals surface area (Å²) in [7, 11) is 0. The second-order valence-electron chi connectivity index (χ2n) is 3.30. The van der Waals surface area contributed by atoms with Gasteiger partial charge in [-0.25, -0.2) is 0 Å². The fraction of sp³-hybridized carbons (Fsp3) is 0.400. The molecule has 4 N–H and O–H groups in total. The fourth-order valence-corrected chi connectivity index (χ4v) is 1.29. The number of hydrogen-bond donors (Lipinski definition) is 2. The molecule has 0 heterocycles. The van der Waals surface area contributed by atoms with E-state index in [0.29, 0.717) is 18.5 Å². The SMILES string of the molecule is Cl.NCC[C@H](N)c1cccc(OC(F)(F)F)c1. The second-order valence-corrected chi connectivity index (χ2v) is 3.30. The van der Waals surface area contributed by atoms with Gasteiger partial charge in [0, 0.05) is 6.04 Å². The first-order chi connectivity index (χ1) is 7.42. The van der Waals surface area contributed by atoms with Crippen molar-refractivity contribution in [2.45, 2.75) is 18.8 Å². The Morgan fingerprint density at radius 2 is 1.94 bits per heavy atom. The molecule has 7 heteroatoms. The average molecular weight is 271 g/mol. The Labute approximate surface area is 103 Å². The fourth-order valence-electron chi connectivity index (χ4n) is 1.29. The summed E-state index contributed by atoms with van der Waals surface area (Å²) in [6, 6.07) is 5.23. The number of nitrogens with two attached hydrogens (primary N) is 2. The van der Waals surface area contributed by atoms with Crippen LogP contribution in [-0.4, -0.2) is 12.9 Å². The summed E-state index contributed by atoms with van der Waals surface area (Å²) in [5, 5.41) is 0. The molecule has 0 saturated carbocycles. The third-order valence-corrected chi connectivity index (χ3v) is 2.00. The molecular formula is C10H14ClF3N2O. The molecule has 98 valence electrons. The zero-order valence-electron chi connectivity index (χ0n) is 8.91. The van der Waals surface area contributed by atoms with Crippen LogP contribution in [0.1, 0.15) is 18.0 Å². The number of hydrogen-bond acceptors (Lipinski definition) is 3. The lowest BCUT2D eigenvalue weighted by atomic mass is 10.0. The number of alkyl halides is 3. The number of ether oxygens (including phenoxy) is 1. The molecule has 17 heavy (non-hydrogen) atoms. The van der Waals surface area contributed by atoms with E-state index in [0.717, 1.165) is 0 Å². The van der Waals surface area contributed by atoms with Crippen molar-refractivity contribution in [3.05, 3.63) is 29.8 Å². The summed E-state index contributed by atoms with van der Waals surface area (Å²) in [4.78, 5) is 0. The van der Waals surface area contributed by atoms with Crippen molar-refractivity contribution in [2.75, 3.05) is 6.54 Å². The molecule has 0 aliphatic carbocycles. The Morgan fingerprint density at radius 3 is 2.47 bits per heavy atom. The molecule has 0 bridgehead atoms. The first-order valence-electron chi connectivity index (χ1n) is 4.74. The van der Waals surface area contributed by atoms with E-state index in [4.69, 9.17) is 11.5 Å². The van der Waals surface area contributed by atoms with Crippen LogP contribution in [0.5, 0.6) is 5.75 Å². The monoisotopic (exact) mass is 270 g/mol. The van der Waals surface area contributed by atoms with Gasteiger partial charge in [-0.1, -0.05) is 12.1 Å². The summed E-state index contributed by atoms with van der Waals surface area (Å²) in [5.41, 5.74) is 11.6. The second kappa shape index (κ2) is 6.68. The predicted octanol–water partition coefficient (Wildman–Crippen LogP) is 2.36.